The number of nitrogens with zero attached hydrogens (tertiary/aromatic N) is 1. The summed E-state index contributed by atoms with van der Waals surface area (Å²) in [6, 6.07) is 10.9. The molecule has 3 rings (SSSR count). The fourth-order valence-electron chi connectivity index (χ4n) is 3.07. The van der Waals surface area contributed by atoms with Crippen molar-refractivity contribution in [3.63, 3.8) is 0 Å². The average Bonchev–Trinajstić information content (AvgIpc) is 2.61. The molecule has 2 aromatic carbocycles. The van der Waals surface area contributed by atoms with Gasteiger partial charge in [0.25, 0.3) is 0 Å². The lowest BCUT2D eigenvalue weighted by molar-refractivity contribution is -0.137. The highest BCUT2D eigenvalue weighted by atomic mass is 35.5. The van der Waals surface area contributed by atoms with Crippen molar-refractivity contribution in [1.82, 2.24) is 0 Å². The molecular weight excluding hydrogens is 365 g/mol. The number of carbonyl (C=O) groups is 1. The Morgan fingerprint density at radius 3 is 2.73 bits per heavy atom. The Bertz CT molecular complexity index is 808. The molecule has 0 atom stereocenters. The second kappa shape index (κ2) is 7.58. The second-order valence-electron chi connectivity index (χ2n) is 6.15. The van der Waals surface area contributed by atoms with Gasteiger partial charge in [-0.1, -0.05) is 29.8 Å². The van der Waals surface area contributed by atoms with Crippen molar-refractivity contribution < 1.29 is 18.0 Å². The minimum Gasteiger partial charge on any atom is -0.383 e. The zero-order chi connectivity index (χ0) is 18.7. The van der Waals surface area contributed by atoms with Gasteiger partial charge in [-0.05, 0) is 42.7 Å². The third-order valence-electron chi connectivity index (χ3n) is 4.36. The molecule has 0 unspecified atom stereocenters. The summed E-state index contributed by atoms with van der Waals surface area (Å²) in [5.41, 5.74) is 1.45. The van der Waals surface area contributed by atoms with Gasteiger partial charge >= 0.3 is 6.18 Å². The number of para-hydroxylation sites is 1. The second-order valence-corrected chi connectivity index (χ2v) is 6.55. The van der Waals surface area contributed by atoms with Gasteiger partial charge in [0.1, 0.15) is 0 Å². The molecule has 0 saturated carbocycles. The standard InChI is InChI=1S/C19H18ClF3N2O/c20-15-8-7-14(19(21,22)23)12-16(15)24-10-9-18(26)25-11-3-5-13-4-1-2-6-17(13)25/h1-2,4,6-8,12,24H,3,5,9-11H2. The summed E-state index contributed by atoms with van der Waals surface area (Å²) in [4.78, 5) is 14.3. The average molecular weight is 383 g/mol. The fraction of sp³-hybridized carbons (Fsp3) is 0.316. The van der Waals surface area contributed by atoms with E-state index in [0.717, 1.165) is 36.2 Å². The molecule has 0 spiro atoms. The Labute approximate surface area is 154 Å². The van der Waals surface area contributed by atoms with E-state index in [1.807, 2.05) is 24.3 Å². The van der Waals surface area contributed by atoms with Gasteiger partial charge in [0.15, 0.2) is 0 Å². The van der Waals surface area contributed by atoms with Gasteiger partial charge in [-0.15, -0.1) is 0 Å². The molecule has 0 aliphatic carbocycles. The molecule has 1 heterocycles. The molecule has 2 aromatic rings. The summed E-state index contributed by atoms with van der Waals surface area (Å²) in [6.45, 7) is 0.860. The van der Waals surface area contributed by atoms with Crippen LogP contribution in [0, 0.1) is 0 Å². The lowest BCUT2D eigenvalue weighted by Gasteiger charge is -2.29. The van der Waals surface area contributed by atoms with Crippen molar-refractivity contribution in [2.24, 2.45) is 0 Å². The molecule has 1 aliphatic heterocycles. The summed E-state index contributed by atoms with van der Waals surface area (Å²) in [5.74, 6) is -0.0623. The number of fused-ring (bicyclic) bond motifs is 1. The van der Waals surface area contributed by atoms with Crippen LogP contribution in [0.25, 0.3) is 0 Å². The largest absolute Gasteiger partial charge is 0.416 e. The van der Waals surface area contributed by atoms with E-state index in [2.05, 4.69) is 5.32 Å². The van der Waals surface area contributed by atoms with Gasteiger partial charge in [-0.25, -0.2) is 0 Å². The number of alkyl halides is 3. The first-order valence-electron chi connectivity index (χ1n) is 8.35. The lowest BCUT2D eigenvalue weighted by atomic mass is 10.0. The van der Waals surface area contributed by atoms with E-state index in [1.165, 1.54) is 6.07 Å². The number of nitrogens with one attached hydrogen (secondary N) is 1. The number of hydrogen-bond acceptors (Lipinski definition) is 2. The highest BCUT2D eigenvalue weighted by Crippen LogP contribution is 2.34. The highest BCUT2D eigenvalue weighted by molar-refractivity contribution is 6.33. The number of aryl methyl sites for hydroxylation is 1. The van der Waals surface area contributed by atoms with Gasteiger partial charge in [0.2, 0.25) is 5.91 Å². The number of halogens is 4. The van der Waals surface area contributed by atoms with Crippen molar-refractivity contribution in [2.45, 2.75) is 25.4 Å². The summed E-state index contributed by atoms with van der Waals surface area (Å²) in [6.07, 6.45) is -2.43. The van der Waals surface area contributed by atoms with E-state index < -0.39 is 11.7 Å². The van der Waals surface area contributed by atoms with Gasteiger partial charge in [-0.2, -0.15) is 13.2 Å². The summed E-state index contributed by atoms with van der Waals surface area (Å²) >= 11 is 5.95. The van der Waals surface area contributed by atoms with Crippen molar-refractivity contribution in [3.8, 4) is 0 Å². The first kappa shape index (κ1) is 18.6. The third kappa shape index (κ3) is 4.12. The Kier molecular flexibility index (Phi) is 5.41. The van der Waals surface area contributed by atoms with E-state index in [4.69, 9.17) is 11.6 Å². The third-order valence-corrected chi connectivity index (χ3v) is 4.69. The van der Waals surface area contributed by atoms with Crippen LogP contribution in [0.15, 0.2) is 42.5 Å². The maximum Gasteiger partial charge on any atom is 0.416 e. The van der Waals surface area contributed by atoms with E-state index in [0.29, 0.717) is 6.54 Å². The highest BCUT2D eigenvalue weighted by Gasteiger charge is 2.31. The molecule has 0 fully saturated rings. The molecule has 1 amide bonds. The predicted molar refractivity (Wildman–Crippen MR) is 96.7 cm³/mol. The molecule has 0 bridgehead atoms. The van der Waals surface area contributed by atoms with E-state index in [1.54, 1.807) is 4.90 Å². The van der Waals surface area contributed by atoms with Crippen LogP contribution in [-0.2, 0) is 17.4 Å². The predicted octanol–water partition coefficient (Wildman–Crippen LogP) is 5.14. The van der Waals surface area contributed by atoms with Crippen LogP contribution in [0.2, 0.25) is 5.02 Å². The normalized spacial score (nSPS) is 14.1. The number of hydrogen-bond donors (Lipinski definition) is 1. The first-order valence-corrected chi connectivity index (χ1v) is 8.73. The Hall–Kier alpha value is -2.21. The fourth-order valence-corrected chi connectivity index (χ4v) is 3.25. The van der Waals surface area contributed by atoms with Crippen molar-refractivity contribution in [2.75, 3.05) is 23.3 Å². The summed E-state index contributed by atoms with van der Waals surface area (Å²) in [5, 5.41) is 3.03. The van der Waals surface area contributed by atoms with Crippen molar-refractivity contribution >= 4 is 28.9 Å². The zero-order valence-electron chi connectivity index (χ0n) is 13.9. The lowest BCUT2D eigenvalue weighted by Crippen LogP contribution is -2.36. The Morgan fingerprint density at radius 1 is 1.19 bits per heavy atom. The topological polar surface area (TPSA) is 32.3 Å². The van der Waals surface area contributed by atoms with Gasteiger partial charge in [0.05, 0.1) is 16.3 Å². The number of anilines is 2. The number of carbonyl (C=O) groups excluding carboxylic acids is 1. The number of rotatable bonds is 4. The molecule has 26 heavy (non-hydrogen) atoms. The van der Waals surface area contributed by atoms with E-state index in [9.17, 15) is 18.0 Å². The molecule has 0 radical (unpaired) electrons. The monoisotopic (exact) mass is 382 g/mol. The smallest absolute Gasteiger partial charge is 0.383 e. The summed E-state index contributed by atoms with van der Waals surface area (Å²) in [7, 11) is 0. The maximum atomic E-state index is 12.8. The minimum atomic E-state index is -4.44. The van der Waals surface area contributed by atoms with Gasteiger partial charge in [0, 0.05) is 25.2 Å². The van der Waals surface area contributed by atoms with Gasteiger partial charge in [-0.3, -0.25) is 4.79 Å². The van der Waals surface area contributed by atoms with Crippen LogP contribution in [0.3, 0.4) is 0 Å². The molecule has 138 valence electrons. The van der Waals surface area contributed by atoms with E-state index in [-0.39, 0.29) is 29.6 Å². The molecule has 0 aromatic heterocycles. The quantitative estimate of drug-likeness (QED) is 0.794. The van der Waals surface area contributed by atoms with Crippen LogP contribution >= 0.6 is 11.6 Å². The Balaban J connectivity index is 1.63. The summed E-state index contributed by atoms with van der Waals surface area (Å²) < 4.78 is 38.4. The molecule has 3 nitrogen and oxygen atoms in total. The van der Waals surface area contributed by atoms with Crippen LogP contribution in [-0.4, -0.2) is 19.0 Å². The minimum absolute atomic E-state index is 0.0623. The van der Waals surface area contributed by atoms with Crippen LogP contribution in [0.1, 0.15) is 24.0 Å². The number of amides is 1. The van der Waals surface area contributed by atoms with Crippen molar-refractivity contribution in [3.05, 3.63) is 58.6 Å². The SMILES string of the molecule is O=C(CCNc1cc(C(F)(F)F)ccc1Cl)N1CCCc2ccccc21. The maximum absolute atomic E-state index is 12.8. The molecular formula is C19H18ClF3N2O. The van der Waals surface area contributed by atoms with Crippen LogP contribution < -0.4 is 10.2 Å². The zero-order valence-corrected chi connectivity index (χ0v) is 14.7. The molecule has 7 heteroatoms. The molecule has 0 saturated heterocycles. The number of benzene rings is 2. The van der Waals surface area contributed by atoms with Crippen LogP contribution in [0.5, 0.6) is 0 Å². The Morgan fingerprint density at radius 2 is 1.96 bits per heavy atom. The van der Waals surface area contributed by atoms with Gasteiger partial charge < -0.3 is 10.2 Å². The van der Waals surface area contributed by atoms with E-state index >= 15 is 0 Å². The molecule has 1 N–H and O–H groups in total. The van der Waals surface area contributed by atoms with Crippen LogP contribution in [0.4, 0.5) is 24.5 Å². The molecule has 1 aliphatic rings. The van der Waals surface area contributed by atoms with Crippen molar-refractivity contribution in [1.29, 1.82) is 0 Å². The first-order chi connectivity index (χ1) is 12.4.